The molecule has 0 unspecified atom stereocenters. The van der Waals surface area contributed by atoms with E-state index in [-0.39, 0.29) is 5.54 Å². The summed E-state index contributed by atoms with van der Waals surface area (Å²) in [5.74, 6) is 1.71. The van der Waals surface area contributed by atoms with Crippen molar-refractivity contribution in [3.8, 4) is 0 Å². The van der Waals surface area contributed by atoms with Crippen LogP contribution in [0.2, 0.25) is 0 Å². The predicted octanol–water partition coefficient (Wildman–Crippen LogP) is 3.92. The van der Waals surface area contributed by atoms with E-state index in [1.165, 1.54) is 4.88 Å². The molecule has 2 heterocycles. The molecule has 2 aromatic heterocycles. The van der Waals surface area contributed by atoms with Crippen molar-refractivity contribution in [1.29, 1.82) is 0 Å². The highest BCUT2D eigenvalue weighted by atomic mass is 32.1. The van der Waals surface area contributed by atoms with Crippen molar-refractivity contribution >= 4 is 33.3 Å². The number of hydrogen-bond acceptors (Lipinski definition) is 5. The third kappa shape index (κ3) is 2.59. The van der Waals surface area contributed by atoms with Gasteiger partial charge in [0.05, 0.1) is 5.39 Å². The minimum absolute atomic E-state index is 0.0700. The maximum Gasteiger partial charge on any atom is 0.225 e. The molecule has 0 aliphatic rings. The zero-order valence-corrected chi connectivity index (χ0v) is 14.1. The zero-order chi connectivity index (χ0) is 14.9. The van der Waals surface area contributed by atoms with E-state index in [0.717, 1.165) is 28.9 Å². The summed E-state index contributed by atoms with van der Waals surface area (Å²) in [6.45, 7) is 8.87. The normalized spacial score (nSPS) is 11.9. The van der Waals surface area contributed by atoms with Crippen molar-refractivity contribution in [1.82, 2.24) is 9.97 Å². The van der Waals surface area contributed by atoms with Crippen LogP contribution in [-0.2, 0) is 6.42 Å². The summed E-state index contributed by atoms with van der Waals surface area (Å²) in [5.41, 5.74) is 0.0700. The van der Waals surface area contributed by atoms with Gasteiger partial charge in [0, 0.05) is 24.5 Å². The van der Waals surface area contributed by atoms with E-state index in [4.69, 9.17) is 4.98 Å². The summed E-state index contributed by atoms with van der Waals surface area (Å²) in [4.78, 5) is 14.0. The van der Waals surface area contributed by atoms with E-state index < -0.39 is 0 Å². The zero-order valence-electron chi connectivity index (χ0n) is 13.2. The first-order valence-electron chi connectivity index (χ1n) is 7.15. The van der Waals surface area contributed by atoms with Crippen molar-refractivity contribution in [2.24, 2.45) is 0 Å². The summed E-state index contributed by atoms with van der Waals surface area (Å²) in [5, 5.41) is 4.23. The van der Waals surface area contributed by atoms with Crippen LogP contribution >= 0.6 is 11.3 Å². The Labute approximate surface area is 125 Å². The van der Waals surface area contributed by atoms with E-state index >= 15 is 0 Å². The van der Waals surface area contributed by atoms with Crippen LogP contribution in [0.1, 0.15) is 39.0 Å². The molecule has 2 aromatic rings. The van der Waals surface area contributed by atoms with Gasteiger partial charge in [-0.25, -0.2) is 4.98 Å². The molecule has 0 atom stereocenters. The van der Waals surface area contributed by atoms with E-state index in [2.05, 4.69) is 56.0 Å². The lowest BCUT2D eigenvalue weighted by Gasteiger charge is -2.36. The van der Waals surface area contributed by atoms with Crippen LogP contribution in [-0.4, -0.2) is 29.6 Å². The number of aromatic nitrogens is 2. The maximum absolute atomic E-state index is 4.69. The third-order valence-electron chi connectivity index (χ3n) is 4.09. The van der Waals surface area contributed by atoms with Crippen LogP contribution in [0.25, 0.3) is 10.2 Å². The largest absolute Gasteiger partial charge is 0.357 e. The fourth-order valence-electron chi connectivity index (χ4n) is 2.02. The number of rotatable bonds is 5. The Kier molecular flexibility index (Phi) is 4.18. The smallest absolute Gasteiger partial charge is 0.225 e. The van der Waals surface area contributed by atoms with Crippen LogP contribution < -0.4 is 10.2 Å². The van der Waals surface area contributed by atoms with Gasteiger partial charge in [-0.05, 0) is 32.8 Å². The van der Waals surface area contributed by atoms with E-state index in [1.54, 1.807) is 11.3 Å². The van der Waals surface area contributed by atoms with Gasteiger partial charge in [0.15, 0.2) is 0 Å². The lowest BCUT2D eigenvalue weighted by Crippen LogP contribution is -2.41. The molecule has 5 heteroatoms. The number of hydrogen-bond donors (Lipinski definition) is 1. The number of aryl methyl sites for hydroxylation is 1. The van der Waals surface area contributed by atoms with Gasteiger partial charge in [0.2, 0.25) is 5.95 Å². The Hall–Kier alpha value is -1.36. The summed E-state index contributed by atoms with van der Waals surface area (Å²) in [6.07, 6.45) is 2.10. The molecule has 0 spiro atoms. The number of anilines is 2. The maximum atomic E-state index is 4.69. The van der Waals surface area contributed by atoms with Gasteiger partial charge >= 0.3 is 0 Å². The minimum Gasteiger partial charge on any atom is -0.357 e. The molecule has 0 aliphatic heterocycles. The Morgan fingerprint density at radius 2 is 2.00 bits per heavy atom. The van der Waals surface area contributed by atoms with Gasteiger partial charge in [-0.2, -0.15) is 4.98 Å². The summed E-state index contributed by atoms with van der Waals surface area (Å²) in [6, 6.07) is 2.23. The SMILES string of the molecule is CCc1cc2c(N(C)C(C)(C)CC)nc(NC)nc2s1. The van der Waals surface area contributed by atoms with Crippen LogP contribution in [0.5, 0.6) is 0 Å². The molecule has 110 valence electrons. The summed E-state index contributed by atoms with van der Waals surface area (Å²) >= 11 is 1.76. The molecular formula is C15H24N4S. The van der Waals surface area contributed by atoms with Crippen molar-refractivity contribution < 1.29 is 0 Å². The van der Waals surface area contributed by atoms with Crippen molar-refractivity contribution in [2.75, 3.05) is 24.3 Å². The van der Waals surface area contributed by atoms with Gasteiger partial charge in [-0.15, -0.1) is 11.3 Å². The third-order valence-corrected chi connectivity index (χ3v) is 5.26. The quantitative estimate of drug-likeness (QED) is 0.907. The van der Waals surface area contributed by atoms with Crippen molar-refractivity contribution in [2.45, 2.75) is 46.1 Å². The first kappa shape index (κ1) is 15.0. The molecule has 0 amide bonds. The summed E-state index contributed by atoms with van der Waals surface area (Å²) in [7, 11) is 3.98. The molecule has 0 saturated carbocycles. The van der Waals surface area contributed by atoms with Gasteiger partial charge in [-0.1, -0.05) is 13.8 Å². The Bertz CT molecular complexity index is 603. The molecule has 2 rings (SSSR count). The molecule has 0 aliphatic carbocycles. The molecule has 0 radical (unpaired) electrons. The van der Waals surface area contributed by atoms with Gasteiger partial charge in [0.1, 0.15) is 10.6 Å². The first-order chi connectivity index (χ1) is 9.42. The van der Waals surface area contributed by atoms with Crippen LogP contribution in [0.3, 0.4) is 0 Å². The topological polar surface area (TPSA) is 41.1 Å². The standard InChI is InChI=1S/C15H24N4S/c1-7-10-9-11-12(19(6)15(3,4)8-2)17-14(16-5)18-13(11)20-10/h9H,7-8H2,1-6H3,(H,16,17,18). The number of thiophene rings is 1. The molecule has 0 fully saturated rings. The van der Waals surface area contributed by atoms with Crippen molar-refractivity contribution in [3.05, 3.63) is 10.9 Å². The highest BCUT2D eigenvalue weighted by molar-refractivity contribution is 7.18. The van der Waals surface area contributed by atoms with Gasteiger partial charge < -0.3 is 10.2 Å². The minimum atomic E-state index is 0.0700. The van der Waals surface area contributed by atoms with Gasteiger partial charge in [-0.3, -0.25) is 0 Å². The van der Waals surface area contributed by atoms with E-state index in [1.807, 2.05) is 7.05 Å². The van der Waals surface area contributed by atoms with Crippen LogP contribution in [0.4, 0.5) is 11.8 Å². The molecule has 4 nitrogen and oxygen atoms in total. The average Bonchev–Trinajstić information content (AvgIpc) is 2.88. The Morgan fingerprint density at radius 1 is 1.30 bits per heavy atom. The lowest BCUT2D eigenvalue weighted by molar-refractivity contribution is 0.468. The average molecular weight is 292 g/mol. The van der Waals surface area contributed by atoms with Crippen molar-refractivity contribution in [3.63, 3.8) is 0 Å². The first-order valence-corrected chi connectivity index (χ1v) is 7.96. The molecular weight excluding hydrogens is 268 g/mol. The molecule has 0 aromatic carbocycles. The van der Waals surface area contributed by atoms with Gasteiger partial charge in [0.25, 0.3) is 0 Å². The Balaban J connectivity index is 2.63. The number of fused-ring (bicyclic) bond motifs is 1. The molecule has 0 bridgehead atoms. The monoisotopic (exact) mass is 292 g/mol. The highest BCUT2D eigenvalue weighted by Crippen LogP contribution is 2.34. The lowest BCUT2D eigenvalue weighted by atomic mass is 10.00. The number of nitrogens with one attached hydrogen (secondary N) is 1. The van der Waals surface area contributed by atoms with E-state index in [9.17, 15) is 0 Å². The second kappa shape index (κ2) is 5.56. The summed E-state index contributed by atoms with van der Waals surface area (Å²) < 4.78 is 0. The highest BCUT2D eigenvalue weighted by Gasteiger charge is 2.25. The second-order valence-corrected chi connectivity index (χ2v) is 6.75. The second-order valence-electron chi connectivity index (χ2n) is 5.63. The fraction of sp³-hybridized carbons (Fsp3) is 0.600. The Morgan fingerprint density at radius 3 is 2.55 bits per heavy atom. The molecule has 20 heavy (non-hydrogen) atoms. The number of nitrogens with zero attached hydrogens (tertiary/aromatic N) is 3. The molecule has 0 saturated heterocycles. The van der Waals surface area contributed by atoms with Crippen LogP contribution in [0.15, 0.2) is 6.07 Å². The molecule has 1 N–H and O–H groups in total. The fourth-order valence-corrected chi connectivity index (χ4v) is 2.98. The van der Waals surface area contributed by atoms with E-state index in [0.29, 0.717) is 5.95 Å². The van der Waals surface area contributed by atoms with Crippen LogP contribution in [0, 0.1) is 0 Å². The predicted molar refractivity (Wildman–Crippen MR) is 89.1 cm³/mol.